The van der Waals surface area contributed by atoms with Crippen molar-refractivity contribution < 1.29 is 42.1 Å². The van der Waals surface area contributed by atoms with Gasteiger partial charge in [0.25, 0.3) is 12.2 Å². The highest BCUT2D eigenvalue weighted by Crippen LogP contribution is 2.38. The van der Waals surface area contributed by atoms with Crippen molar-refractivity contribution in [2.75, 3.05) is 19.0 Å². The first kappa shape index (κ1) is 31.2. The number of carbonyl (C=O) groups is 1. The summed E-state index contributed by atoms with van der Waals surface area (Å²) in [4.78, 5) is 28.4. The van der Waals surface area contributed by atoms with E-state index in [0.29, 0.717) is 16.8 Å². The molecule has 0 unspecified atom stereocenters. The number of ether oxygens (including phenoxy) is 2. The van der Waals surface area contributed by atoms with Gasteiger partial charge in [-0.25, -0.2) is 14.8 Å². The number of imidazole rings is 1. The molecule has 1 aromatic carbocycles. The average molecular weight is 633 g/mol. The molecule has 1 aliphatic rings. The summed E-state index contributed by atoms with van der Waals surface area (Å²) in [6.07, 6.45) is 0.486. The van der Waals surface area contributed by atoms with E-state index in [-0.39, 0.29) is 59.6 Å². The third-order valence-electron chi connectivity index (χ3n) is 6.82. The molecule has 44 heavy (non-hydrogen) atoms. The molecule has 5 rings (SSSR count). The van der Waals surface area contributed by atoms with E-state index in [1.165, 1.54) is 28.8 Å². The monoisotopic (exact) mass is 632 g/mol. The first-order valence-electron chi connectivity index (χ1n) is 13.5. The number of rotatable bonds is 11. The number of nitrogens with zero attached hydrogens (tertiary/aromatic N) is 6. The molecule has 4 aromatic rings. The topological polar surface area (TPSA) is 148 Å². The van der Waals surface area contributed by atoms with Crippen molar-refractivity contribution in [3.63, 3.8) is 0 Å². The van der Waals surface area contributed by atoms with Gasteiger partial charge in [-0.1, -0.05) is 29.2 Å². The van der Waals surface area contributed by atoms with Crippen molar-refractivity contribution in [2.45, 2.75) is 45.1 Å². The molecule has 0 bridgehead atoms. The SMILES string of the molecule is CCOC(=O)c1cnc(Cl)nc1NCc1ccc(-c2nc(C(F)(F)F)cn2C[n+]2cnc(C3CC3)c(B(O)O)c2OC)cc1. The molecule has 0 aliphatic heterocycles. The van der Waals surface area contributed by atoms with Crippen LogP contribution in [0.15, 0.2) is 43.0 Å². The molecule has 3 heterocycles. The Bertz CT molecular complexity index is 1670. The fourth-order valence-corrected chi connectivity index (χ4v) is 4.77. The Morgan fingerprint density at radius 3 is 2.55 bits per heavy atom. The summed E-state index contributed by atoms with van der Waals surface area (Å²) in [6.45, 7) is 1.81. The fourth-order valence-electron chi connectivity index (χ4n) is 4.64. The Labute approximate surface area is 254 Å². The highest BCUT2D eigenvalue weighted by molar-refractivity contribution is 6.60. The highest BCUT2D eigenvalue weighted by atomic mass is 35.5. The molecular formula is C27H27BClF3N7O5+. The van der Waals surface area contributed by atoms with Crippen LogP contribution in [-0.2, 0) is 24.1 Å². The maximum atomic E-state index is 13.7. The molecule has 0 amide bonds. The second kappa shape index (κ2) is 12.8. The summed E-state index contributed by atoms with van der Waals surface area (Å²) in [5, 5.41) is 23.1. The number of methoxy groups -OCH3 is 1. The van der Waals surface area contributed by atoms with Crippen molar-refractivity contribution in [3.05, 3.63) is 70.8 Å². The quantitative estimate of drug-likeness (QED) is 0.0975. The largest absolute Gasteiger partial charge is 0.500 e. The minimum atomic E-state index is -4.71. The Hall–Kier alpha value is -4.28. The van der Waals surface area contributed by atoms with Gasteiger partial charge in [0.2, 0.25) is 5.28 Å². The van der Waals surface area contributed by atoms with E-state index in [1.807, 2.05) is 0 Å². The van der Waals surface area contributed by atoms with Crippen molar-refractivity contribution in [1.29, 1.82) is 0 Å². The van der Waals surface area contributed by atoms with Gasteiger partial charge < -0.3 is 24.8 Å². The second-order valence-corrected chi connectivity index (χ2v) is 10.2. The van der Waals surface area contributed by atoms with Crippen molar-refractivity contribution in [3.8, 4) is 17.3 Å². The van der Waals surface area contributed by atoms with Crippen LogP contribution < -0.4 is 20.1 Å². The van der Waals surface area contributed by atoms with Crippen LogP contribution in [0, 0.1) is 0 Å². The third-order valence-corrected chi connectivity index (χ3v) is 7.00. The lowest BCUT2D eigenvalue weighted by atomic mass is 9.78. The summed E-state index contributed by atoms with van der Waals surface area (Å²) in [5.74, 6) is -0.319. The van der Waals surface area contributed by atoms with Gasteiger partial charge in [-0.2, -0.15) is 22.7 Å². The van der Waals surface area contributed by atoms with E-state index in [1.54, 1.807) is 31.2 Å². The molecule has 1 saturated carbocycles. The summed E-state index contributed by atoms with van der Waals surface area (Å²) in [7, 11) is -0.552. The van der Waals surface area contributed by atoms with Gasteiger partial charge >= 0.3 is 19.3 Å². The molecular weight excluding hydrogens is 606 g/mol. The Morgan fingerprint density at radius 2 is 1.93 bits per heavy atom. The zero-order valence-corrected chi connectivity index (χ0v) is 24.3. The van der Waals surface area contributed by atoms with Crippen molar-refractivity contribution >= 4 is 36.0 Å². The van der Waals surface area contributed by atoms with E-state index in [4.69, 9.17) is 21.1 Å². The summed E-state index contributed by atoms with van der Waals surface area (Å²) >= 11 is 5.90. The van der Waals surface area contributed by atoms with E-state index < -0.39 is 25.0 Å². The van der Waals surface area contributed by atoms with Crippen molar-refractivity contribution in [2.24, 2.45) is 0 Å². The van der Waals surface area contributed by atoms with Crippen LogP contribution in [0.5, 0.6) is 5.88 Å². The number of carbonyl (C=O) groups excluding carboxylic acids is 1. The molecule has 0 spiro atoms. The first-order valence-corrected chi connectivity index (χ1v) is 13.9. The van der Waals surface area contributed by atoms with Crippen LogP contribution >= 0.6 is 11.6 Å². The lowest BCUT2D eigenvalue weighted by molar-refractivity contribution is -0.707. The third kappa shape index (κ3) is 6.76. The van der Waals surface area contributed by atoms with E-state index >= 15 is 0 Å². The van der Waals surface area contributed by atoms with Crippen LogP contribution in [0.1, 0.15) is 53.0 Å². The lowest BCUT2D eigenvalue weighted by Crippen LogP contribution is -2.48. The molecule has 3 N–H and O–H groups in total. The normalized spacial score (nSPS) is 13.1. The predicted molar refractivity (Wildman–Crippen MR) is 151 cm³/mol. The number of esters is 1. The second-order valence-electron chi connectivity index (χ2n) is 9.90. The van der Waals surface area contributed by atoms with E-state index in [2.05, 4.69) is 25.3 Å². The molecule has 230 valence electrons. The maximum Gasteiger partial charge on any atom is 0.500 e. The fraction of sp³-hybridized carbons (Fsp3) is 0.333. The minimum absolute atomic E-state index is 0.0101. The number of hydrogen-bond donors (Lipinski definition) is 3. The van der Waals surface area contributed by atoms with Crippen LogP contribution in [0.25, 0.3) is 11.4 Å². The molecule has 17 heteroatoms. The number of nitrogens with one attached hydrogen (secondary N) is 1. The number of alkyl halides is 3. The van der Waals surface area contributed by atoms with E-state index in [9.17, 15) is 28.0 Å². The number of benzene rings is 1. The van der Waals surface area contributed by atoms with Crippen LogP contribution in [0.2, 0.25) is 5.28 Å². The Kier molecular flexibility index (Phi) is 9.03. The summed E-state index contributed by atoms with van der Waals surface area (Å²) < 4.78 is 54.4. The summed E-state index contributed by atoms with van der Waals surface area (Å²) in [6, 6.07) is 6.58. The van der Waals surface area contributed by atoms with Gasteiger partial charge in [0.1, 0.15) is 22.7 Å². The van der Waals surface area contributed by atoms with Crippen molar-refractivity contribution in [1.82, 2.24) is 24.5 Å². The Balaban J connectivity index is 1.43. The van der Waals surface area contributed by atoms with Gasteiger partial charge in [0.05, 0.1) is 13.7 Å². The zero-order valence-electron chi connectivity index (χ0n) is 23.5. The number of hydrogen-bond acceptors (Lipinski definition) is 10. The van der Waals surface area contributed by atoms with E-state index in [0.717, 1.165) is 19.0 Å². The molecule has 1 fully saturated rings. The average Bonchev–Trinajstić information content (AvgIpc) is 3.74. The molecule has 1 aliphatic carbocycles. The number of anilines is 1. The number of aromatic nitrogens is 6. The van der Waals surface area contributed by atoms with Crippen LogP contribution in [0.4, 0.5) is 19.0 Å². The van der Waals surface area contributed by atoms with Gasteiger partial charge in [0, 0.05) is 30.4 Å². The molecule has 3 aromatic heterocycles. The molecule has 12 nitrogen and oxygen atoms in total. The van der Waals surface area contributed by atoms with Gasteiger partial charge in [-0.05, 0) is 36.9 Å². The zero-order chi connectivity index (χ0) is 31.6. The van der Waals surface area contributed by atoms with Crippen LogP contribution in [0.3, 0.4) is 0 Å². The standard InChI is InChI=1S/C27H26BClF3N7O5/c1-3-44-25(40)18-11-34-26(29)37-22(18)33-10-15-4-6-17(7-5-15)23-36-19(27(30,31)32)12-38(23)14-39-13-35-21(16-8-9-16)20(28(41)42)24(39)43-2/h4-7,11-13,16,41-42H,3,8-10,14H2,1-2H3/p+1. The predicted octanol–water partition coefficient (Wildman–Crippen LogP) is 2.56. The first-order chi connectivity index (χ1) is 21.0. The van der Waals surface area contributed by atoms with Crippen LogP contribution in [-0.4, -0.2) is 61.4 Å². The van der Waals surface area contributed by atoms with Gasteiger partial charge in [-0.3, -0.25) is 4.57 Å². The van der Waals surface area contributed by atoms with Gasteiger partial charge in [0.15, 0.2) is 18.1 Å². The molecule has 0 radical (unpaired) electrons. The lowest BCUT2D eigenvalue weighted by Gasteiger charge is -2.13. The number of halogens is 4. The minimum Gasteiger partial charge on any atom is -0.466 e. The highest BCUT2D eigenvalue weighted by Gasteiger charge is 2.40. The summed E-state index contributed by atoms with van der Waals surface area (Å²) in [5.41, 5.74) is 0.644. The smallest absolute Gasteiger partial charge is 0.466 e. The molecule has 0 atom stereocenters. The maximum absolute atomic E-state index is 13.7. The molecule has 0 saturated heterocycles. The van der Waals surface area contributed by atoms with Gasteiger partial charge in [-0.15, -0.1) is 0 Å². The Morgan fingerprint density at radius 1 is 1.20 bits per heavy atom.